The van der Waals surface area contributed by atoms with Gasteiger partial charge in [0.15, 0.2) is 0 Å². The maximum absolute atomic E-state index is 12.1. The molecule has 2 heterocycles. The average Bonchev–Trinajstić information content (AvgIpc) is 2.45. The number of amides is 1. The Kier molecular flexibility index (Phi) is 4.98. The molecule has 1 aromatic heterocycles. The Morgan fingerprint density at radius 3 is 2.95 bits per heavy atom. The van der Waals surface area contributed by atoms with Crippen molar-refractivity contribution < 1.29 is 14.3 Å². The summed E-state index contributed by atoms with van der Waals surface area (Å²) >= 11 is 0. The summed E-state index contributed by atoms with van der Waals surface area (Å²) in [6, 6.07) is 1.73. The third-order valence-electron chi connectivity index (χ3n) is 3.19. The fourth-order valence-corrected chi connectivity index (χ4v) is 2.26. The largest absolute Gasteiger partial charge is 0.477 e. The molecule has 1 fully saturated rings. The Bertz CT molecular complexity index is 459. The molecule has 1 saturated heterocycles. The molecule has 0 N–H and O–H groups in total. The van der Waals surface area contributed by atoms with Gasteiger partial charge in [0.1, 0.15) is 11.9 Å². The van der Waals surface area contributed by atoms with E-state index in [-0.39, 0.29) is 6.09 Å². The molecule has 0 spiro atoms. The number of likely N-dealkylation sites (tertiary alicyclic amines) is 1. The maximum atomic E-state index is 12.1. The average molecular weight is 293 g/mol. The molecule has 1 aromatic rings. The minimum absolute atomic E-state index is 0.241. The standard InChI is InChI=1S/C15H23N3O3/c1-15(2,3)21-14(19)18-8-4-5-12(9-18)10-20-13-6-7-16-11-17-13/h6-7,11-12H,4-5,8-10H2,1-3H3/t12-/m1/s1. The fourth-order valence-electron chi connectivity index (χ4n) is 2.26. The van der Waals surface area contributed by atoms with Crippen molar-refractivity contribution in [2.45, 2.75) is 39.2 Å². The molecule has 2 rings (SSSR count). The van der Waals surface area contributed by atoms with E-state index in [1.54, 1.807) is 17.2 Å². The molecule has 0 aromatic carbocycles. The van der Waals surface area contributed by atoms with Crippen LogP contribution in [-0.4, -0.2) is 46.3 Å². The van der Waals surface area contributed by atoms with Crippen molar-refractivity contribution in [1.82, 2.24) is 14.9 Å². The number of carbonyl (C=O) groups excluding carboxylic acids is 1. The van der Waals surface area contributed by atoms with E-state index in [9.17, 15) is 4.79 Å². The number of rotatable bonds is 3. The molecule has 0 bridgehead atoms. The van der Waals surface area contributed by atoms with E-state index in [0.717, 1.165) is 19.4 Å². The van der Waals surface area contributed by atoms with Crippen molar-refractivity contribution in [3.63, 3.8) is 0 Å². The highest BCUT2D eigenvalue weighted by molar-refractivity contribution is 5.68. The lowest BCUT2D eigenvalue weighted by Gasteiger charge is -2.33. The first-order chi connectivity index (χ1) is 9.94. The molecule has 21 heavy (non-hydrogen) atoms. The predicted octanol–water partition coefficient (Wildman–Crippen LogP) is 2.50. The Labute approximate surface area is 125 Å². The summed E-state index contributed by atoms with van der Waals surface area (Å²) in [7, 11) is 0. The van der Waals surface area contributed by atoms with Crippen molar-refractivity contribution in [1.29, 1.82) is 0 Å². The Balaban J connectivity index is 1.82. The molecule has 0 saturated carbocycles. The quantitative estimate of drug-likeness (QED) is 0.856. The number of ether oxygens (including phenoxy) is 2. The van der Waals surface area contributed by atoms with Crippen molar-refractivity contribution in [2.24, 2.45) is 5.92 Å². The second kappa shape index (κ2) is 6.74. The smallest absolute Gasteiger partial charge is 0.410 e. The van der Waals surface area contributed by atoms with E-state index in [0.29, 0.717) is 24.9 Å². The molecule has 0 radical (unpaired) electrons. The zero-order valence-corrected chi connectivity index (χ0v) is 12.9. The van der Waals surface area contributed by atoms with Crippen LogP contribution in [0.2, 0.25) is 0 Å². The van der Waals surface area contributed by atoms with Crippen LogP contribution in [0.25, 0.3) is 0 Å². The van der Waals surface area contributed by atoms with E-state index >= 15 is 0 Å². The second-order valence-electron chi connectivity index (χ2n) is 6.29. The fraction of sp³-hybridized carbons (Fsp3) is 0.667. The van der Waals surface area contributed by atoms with Crippen LogP contribution in [0.5, 0.6) is 5.88 Å². The molecule has 116 valence electrons. The number of aromatic nitrogens is 2. The number of piperidine rings is 1. The van der Waals surface area contributed by atoms with E-state index in [2.05, 4.69) is 9.97 Å². The van der Waals surface area contributed by atoms with Gasteiger partial charge in [0, 0.05) is 31.3 Å². The molecule has 0 aliphatic carbocycles. The highest BCUT2D eigenvalue weighted by Crippen LogP contribution is 2.20. The summed E-state index contributed by atoms with van der Waals surface area (Å²) in [6.45, 7) is 7.61. The van der Waals surface area contributed by atoms with Crippen LogP contribution in [0.15, 0.2) is 18.6 Å². The lowest BCUT2D eigenvalue weighted by atomic mass is 9.99. The first kappa shape index (κ1) is 15.5. The molecule has 0 unspecified atom stereocenters. The molecular weight excluding hydrogens is 270 g/mol. The van der Waals surface area contributed by atoms with Gasteiger partial charge in [-0.05, 0) is 33.6 Å². The first-order valence-corrected chi connectivity index (χ1v) is 7.31. The summed E-state index contributed by atoms with van der Waals surface area (Å²) in [5.74, 6) is 0.876. The number of nitrogens with zero attached hydrogens (tertiary/aromatic N) is 3. The van der Waals surface area contributed by atoms with Gasteiger partial charge in [-0.1, -0.05) is 0 Å². The third kappa shape index (κ3) is 5.21. The van der Waals surface area contributed by atoms with Gasteiger partial charge >= 0.3 is 6.09 Å². The Morgan fingerprint density at radius 1 is 1.48 bits per heavy atom. The molecule has 1 aliphatic heterocycles. The summed E-state index contributed by atoms with van der Waals surface area (Å²) in [6.07, 6.45) is 4.88. The van der Waals surface area contributed by atoms with Gasteiger partial charge in [-0.3, -0.25) is 0 Å². The summed E-state index contributed by atoms with van der Waals surface area (Å²) in [5.41, 5.74) is -0.457. The van der Waals surface area contributed by atoms with E-state index in [1.165, 1.54) is 6.33 Å². The molecule has 1 atom stereocenters. The minimum Gasteiger partial charge on any atom is -0.477 e. The summed E-state index contributed by atoms with van der Waals surface area (Å²) in [4.78, 5) is 21.7. The monoisotopic (exact) mass is 293 g/mol. The predicted molar refractivity (Wildman–Crippen MR) is 78.1 cm³/mol. The normalized spacial score (nSPS) is 19.2. The van der Waals surface area contributed by atoms with Crippen LogP contribution in [-0.2, 0) is 4.74 Å². The van der Waals surface area contributed by atoms with E-state index in [4.69, 9.17) is 9.47 Å². The number of hydrogen-bond donors (Lipinski definition) is 0. The van der Waals surface area contributed by atoms with Crippen LogP contribution >= 0.6 is 0 Å². The van der Waals surface area contributed by atoms with E-state index in [1.807, 2.05) is 20.8 Å². The van der Waals surface area contributed by atoms with Gasteiger partial charge in [0.25, 0.3) is 0 Å². The van der Waals surface area contributed by atoms with Gasteiger partial charge in [0.05, 0.1) is 6.61 Å². The van der Waals surface area contributed by atoms with Crippen molar-refractivity contribution in [3.05, 3.63) is 18.6 Å². The van der Waals surface area contributed by atoms with Gasteiger partial charge in [0.2, 0.25) is 5.88 Å². The van der Waals surface area contributed by atoms with Gasteiger partial charge in [-0.25, -0.2) is 14.8 Å². The van der Waals surface area contributed by atoms with Crippen molar-refractivity contribution in [3.8, 4) is 5.88 Å². The van der Waals surface area contributed by atoms with Crippen LogP contribution in [0.1, 0.15) is 33.6 Å². The second-order valence-corrected chi connectivity index (χ2v) is 6.29. The van der Waals surface area contributed by atoms with E-state index < -0.39 is 5.60 Å². The minimum atomic E-state index is -0.457. The SMILES string of the molecule is CC(C)(C)OC(=O)N1CCC[C@@H](COc2ccncn2)C1. The van der Waals surface area contributed by atoms with Gasteiger partial charge in [-0.2, -0.15) is 0 Å². The van der Waals surface area contributed by atoms with Gasteiger partial charge in [-0.15, -0.1) is 0 Å². The summed E-state index contributed by atoms with van der Waals surface area (Å²) in [5, 5.41) is 0. The van der Waals surface area contributed by atoms with Crippen molar-refractivity contribution >= 4 is 6.09 Å². The Morgan fingerprint density at radius 2 is 2.29 bits per heavy atom. The zero-order chi connectivity index (χ0) is 15.3. The zero-order valence-electron chi connectivity index (χ0n) is 12.9. The highest BCUT2D eigenvalue weighted by Gasteiger charge is 2.27. The highest BCUT2D eigenvalue weighted by atomic mass is 16.6. The third-order valence-corrected chi connectivity index (χ3v) is 3.19. The first-order valence-electron chi connectivity index (χ1n) is 7.31. The van der Waals surface area contributed by atoms with Crippen LogP contribution in [0, 0.1) is 5.92 Å². The maximum Gasteiger partial charge on any atom is 0.410 e. The van der Waals surface area contributed by atoms with Crippen LogP contribution < -0.4 is 4.74 Å². The molecular formula is C15H23N3O3. The van der Waals surface area contributed by atoms with Crippen LogP contribution in [0.4, 0.5) is 4.79 Å². The summed E-state index contributed by atoms with van der Waals surface area (Å²) < 4.78 is 11.1. The lowest BCUT2D eigenvalue weighted by Crippen LogP contribution is -2.44. The number of hydrogen-bond acceptors (Lipinski definition) is 5. The molecule has 1 aliphatic rings. The molecule has 6 heteroatoms. The van der Waals surface area contributed by atoms with Crippen LogP contribution in [0.3, 0.4) is 0 Å². The van der Waals surface area contributed by atoms with Gasteiger partial charge < -0.3 is 14.4 Å². The number of carbonyl (C=O) groups is 1. The molecule has 6 nitrogen and oxygen atoms in total. The Hall–Kier alpha value is -1.85. The molecule has 1 amide bonds. The lowest BCUT2D eigenvalue weighted by molar-refractivity contribution is 0.0138. The van der Waals surface area contributed by atoms with Crippen molar-refractivity contribution in [2.75, 3.05) is 19.7 Å². The topological polar surface area (TPSA) is 64.5 Å².